The van der Waals surface area contributed by atoms with E-state index >= 15 is 0 Å². The quantitative estimate of drug-likeness (QED) is 0.695. The van der Waals surface area contributed by atoms with E-state index in [4.69, 9.17) is 11.6 Å². The van der Waals surface area contributed by atoms with Crippen molar-refractivity contribution in [2.75, 3.05) is 0 Å². The number of rotatable bonds is 3. The number of nitrogens with zero attached hydrogens (tertiary/aromatic N) is 4. The third kappa shape index (κ3) is 1.93. The zero-order chi connectivity index (χ0) is 12.8. The highest BCUT2D eigenvalue weighted by Gasteiger charge is 2.30. The minimum absolute atomic E-state index is 0.222. The van der Waals surface area contributed by atoms with Crippen LogP contribution < -0.4 is 0 Å². The highest BCUT2D eigenvalue weighted by atomic mass is 35.5. The van der Waals surface area contributed by atoms with Gasteiger partial charge in [-0.15, -0.1) is 21.8 Å². The van der Waals surface area contributed by atoms with Crippen molar-refractivity contribution in [2.45, 2.75) is 24.1 Å². The zero-order valence-electron chi connectivity index (χ0n) is 10.0. The van der Waals surface area contributed by atoms with Crippen LogP contribution in [0.3, 0.4) is 0 Å². The molecule has 0 saturated heterocycles. The Morgan fingerprint density at radius 2 is 2.00 bits per heavy atom. The Bertz CT molecular complexity index is 717. The first-order chi connectivity index (χ1) is 9.33. The molecule has 2 heterocycles. The van der Waals surface area contributed by atoms with Crippen molar-refractivity contribution < 1.29 is 0 Å². The normalized spacial score (nSPS) is 16.9. The molecule has 0 bridgehead atoms. The van der Waals surface area contributed by atoms with Gasteiger partial charge in [-0.25, -0.2) is 0 Å². The van der Waals surface area contributed by atoms with Crippen LogP contribution in [0.1, 0.15) is 40.5 Å². The maximum absolute atomic E-state index is 6.49. The molecule has 1 saturated carbocycles. The van der Waals surface area contributed by atoms with Crippen molar-refractivity contribution in [1.29, 1.82) is 0 Å². The van der Waals surface area contributed by atoms with Crippen molar-refractivity contribution in [1.82, 2.24) is 19.8 Å². The van der Waals surface area contributed by atoms with Gasteiger partial charge >= 0.3 is 0 Å². The summed E-state index contributed by atoms with van der Waals surface area (Å²) in [5.74, 6) is 1.52. The van der Waals surface area contributed by atoms with Crippen LogP contribution in [0.15, 0.2) is 30.3 Å². The SMILES string of the molecule is ClC(c1ccccc1)c1nn2c(C3CC3)nnc2s1. The van der Waals surface area contributed by atoms with Crippen LogP contribution in [-0.2, 0) is 0 Å². The van der Waals surface area contributed by atoms with Crippen LogP contribution in [0.25, 0.3) is 4.96 Å². The molecule has 19 heavy (non-hydrogen) atoms. The lowest BCUT2D eigenvalue weighted by Gasteiger charge is -2.04. The predicted molar refractivity (Wildman–Crippen MR) is 74.8 cm³/mol. The highest BCUT2D eigenvalue weighted by molar-refractivity contribution is 7.17. The summed E-state index contributed by atoms with van der Waals surface area (Å²) in [6.45, 7) is 0. The lowest BCUT2D eigenvalue weighted by molar-refractivity contribution is 0.806. The molecule has 3 aromatic rings. The molecule has 0 radical (unpaired) electrons. The second-order valence-electron chi connectivity index (χ2n) is 4.74. The fourth-order valence-electron chi connectivity index (χ4n) is 2.11. The molecule has 0 amide bonds. The Balaban J connectivity index is 1.75. The predicted octanol–water partition coefficient (Wildman–Crippen LogP) is 3.39. The van der Waals surface area contributed by atoms with Crippen molar-refractivity contribution >= 4 is 27.9 Å². The van der Waals surface area contributed by atoms with Gasteiger partial charge in [-0.2, -0.15) is 9.61 Å². The topological polar surface area (TPSA) is 43.1 Å². The average Bonchev–Trinajstić information content (AvgIpc) is 3.08. The molecule has 2 aromatic heterocycles. The molecular formula is C13H11ClN4S. The molecule has 96 valence electrons. The van der Waals surface area contributed by atoms with Crippen LogP contribution >= 0.6 is 22.9 Å². The van der Waals surface area contributed by atoms with Crippen LogP contribution in [0.2, 0.25) is 0 Å². The molecule has 0 spiro atoms. The Morgan fingerprint density at radius 3 is 2.74 bits per heavy atom. The molecule has 0 aliphatic heterocycles. The van der Waals surface area contributed by atoms with Gasteiger partial charge in [0, 0.05) is 5.92 Å². The summed E-state index contributed by atoms with van der Waals surface area (Å²) in [5.41, 5.74) is 1.06. The van der Waals surface area contributed by atoms with E-state index in [1.807, 2.05) is 34.8 Å². The monoisotopic (exact) mass is 290 g/mol. The standard InChI is InChI=1S/C13H11ClN4S/c14-10(8-4-2-1-3-5-8)12-17-18-11(9-6-7-9)15-16-13(18)19-12/h1-5,9-10H,6-7H2. The van der Waals surface area contributed by atoms with Gasteiger partial charge in [0.1, 0.15) is 10.4 Å². The van der Waals surface area contributed by atoms with E-state index in [-0.39, 0.29) is 5.38 Å². The number of hydrogen-bond donors (Lipinski definition) is 0. The van der Waals surface area contributed by atoms with Gasteiger partial charge in [-0.3, -0.25) is 0 Å². The number of fused-ring (bicyclic) bond motifs is 1. The second-order valence-corrected chi connectivity index (χ2v) is 6.16. The largest absolute Gasteiger partial charge is 0.234 e. The Kier molecular flexibility index (Phi) is 2.56. The number of aromatic nitrogens is 4. The lowest BCUT2D eigenvalue weighted by atomic mass is 10.1. The summed E-state index contributed by atoms with van der Waals surface area (Å²) in [5, 5.41) is 13.6. The first-order valence-electron chi connectivity index (χ1n) is 6.24. The second kappa shape index (κ2) is 4.28. The van der Waals surface area contributed by atoms with E-state index in [1.165, 1.54) is 24.2 Å². The van der Waals surface area contributed by atoms with Gasteiger partial charge in [0.2, 0.25) is 4.96 Å². The van der Waals surface area contributed by atoms with Crippen LogP contribution in [-0.4, -0.2) is 19.8 Å². The first-order valence-corrected chi connectivity index (χ1v) is 7.49. The highest BCUT2D eigenvalue weighted by Crippen LogP contribution is 2.40. The van der Waals surface area contributed by atoms with Crippen molar-refractivity contribution in [3.05, 3.63) is 46.7 Å². The number of benzene rings is 1. The maximum Gasteiger partial charge on any atom is 0.234 e. The van der Waals surface area contributed by atoms with Crippen LogP contribution in [0.4, 0.5) is 0 Å². The Morgan fingerprint density at radius 1 is 1.21 bits per heavy atom. The summed E-state index contributed by atoms with van der Waals surface area (Å²) in [7, 11) is 0. The Labute approximate surface area is 119 Å². The fraction of sp³-hybridized carbons (Fsp3) is 0.308. The van der Waals surface area contributed by atoms with Gasteiger partial charge < -0.3 is 0 Å². The molecule has 1 aromatic carbocycles. The molecule has 1 unspecified atom stereocenters. The summed E-state index contributed by atoms with van der Waals surface area (Å²) in [6, 6.07) is 9.99. The van der Waals surface area contributed by atoms with Crippen LogP contribution in [0, 0.1) is 0 Å². The molecule has 1 aliphatic carbocycles. The minimum Gasteiger partial charge on any atom is -0.187 e. The summed E-state index contributed by atoms with van der Waals surface area (Å²) >= 11 is 8.01. The maximum atomic E-state index is 6.49. The van der Waals surface area contributed by atoms with E-state index < -0.39 is 0 Å². The molecule has 4 rings (SSSR count). The van der Waals surface area contributed by atoms with Crippen molar-refractivity contribution in [2.24, 2.45) is 0 Å². The third-order valence-electron chi connectivity index (χ3n) is 3.28. The first kappa shape index (κ1) is 11.4. The third-order valence-corrected chi connectivity index (χ3v) is 4.83. The van der Waals surface area contributed by atoms with Gasteiger partial charge in [-0.05, 0) is 18.4 Å². The fourth-order valence-corrected chi connectivity index (χ4v) is 3.28. The van der Waals surface area contributed by atoms with E-state index in [0.717, 1.165) is 21.4 Å². The van der Waals surface area contributed by atoms with Crippen molar-refractivity contribution in [3.8, 4) is 0 Å². The van der Waals surface area contributed by atoms with Gasteiger partial charge in [0.05, 0.1) is 0 Å². The van der Waals surface area contributed by atoms with Crippen LogP contribution in [0.5, 0.6) is 0 Å². The van der Waals surface area contributed by atoms with Crippen molar-refractivity contribution in [3.63, 3.8) is 0 Å². The number of hydrogen-bond acceptors (Lipinski definition) is 4. The molecule has 1 fully saturated rings. The van der Waals surface area contributed by atoms with E-state index in [1.54, 1.807) is 0 Å². The summed E-state index contributed by atoms with van der Waals surface area (Å²) in [4.78, 5) is 0.832. The smallest absolute Gasteiger partial charge is 0.187 e. The molecule has 6 heteroatoms. The van der Waals surface area contributed by atoms with E-state index in [2.05, 4.69) is 15.3 Å². The zero-order valence-corrected chi connectivity index (χ0v) is 11.6. The van der Waals surface area contributed by atoms with Gasteiger partial charge in [-0.1, -0.05) is 41.7 Å². The minimum atomic E-state index is -0.222. The number of halogens is 1. The molecule has 0 N–H and O–H groups in total. The number of alkyl halides is 1. The van der Waals surface area contributed by atoms with Gasteiger partial charge in [0.25, 0.3) is 0 Å². The molecule has 1 aliphatic rings. The molecular weight excluding hydrogens is 280 g/mol. The summed E-state index contributed by atoms with van der Waals surface area (Å²) < 4.78 is 1.86. The average molecular weight is 291 g/mol. The lowest BCUT2D eigenvalue weighted by Crippen LogP contribution is -1.97. The Hall–Kier alpha value is -1.46. The van der Waals surface area contributed by atoms with E-state index in [9.17, 15) is 0 Å². The van der Waals surface area contributed by atoms with Gasteiger partial charge in [0.15, 0.2) is 5.82 Å². The van der Waals surface area contributed by atoms with E-state index in [0.29, 0.717) is 5.92 Å². The molecule has 1 atom stereocenters. The molecule has 4 nitrogen and oxygen atoms in total. The summed E-state index contributed by atoms with van der Waals surface area (Å²) in [6.07, 6.45) is 2.38.